The molecule has 0 spiro atoms. The number of halogens is 1. The number of carbonyl (C=O) groups is 1. The third kappa shape index (κ3) is 5.18. The fourth-order valence-corrected chi connectivity index (χ4v) is 3.41. The number of aromatic nitrogens is 1. The van der Waals surface area contributed by atoms with Gasteiger partial charge in [0.05, 0.1) is 18.7 Å². The summed E-state index contributed by atoms with van der Waals surface area (Å²) >= 11 is 0. The zero-order valence-corrected chi connectivity index (χ0v) is 16.3. The van der Waals surface area contributed by atoms with Crippen LogP contribution in [-0.2, 0) is 16.0 Å². The minimum atomic E-state index is -0.317. The van der Waals surface area contributed by atoms with Crippen molar-refractivity contribution in [2.75, 3.05) is 25.0 Å². The van der Waals surface area contributed by atoms with Gasteiger partial charge in [0.25, 0.3) is 0 Å². The second-order valence-electron chi connectivity index (χ2n) is 6.98. The molecule has 2 aromatic rings. The predicted octanol–water partition coefficient (Wildman–Crippen LogP) is 3.22. The van der Waals surface area contributed by atoms with Gasteiger partial charge in [-0.1, -0.05) is 12.6 Å². The van der Waals surface area contributed by atoms with Crippen LogP contribution in [0.3, 0.4) is 0 Å². The van der Waals surface area contributed by atoms with E-state index in [1.165, 1.54) is 24.4 Å². The minimum absolute atomic E-state index is 0.0366. The third-order valence-electron chi connectivity index (χ3n) is 4.82. The Morgan fingerprint density at radius 3 is 3.03 bits per heavy atom. The normalized spacial score (nSPS) is 17.3. The average molecular weight is 394 g/mol. The predicted molar refractivity (Wildman–Crippen MR) is 108 cm³/mol. The molecule has 2 atom stereocenters. The number of benzene rings is 1. The Hall–Kier alpha value is -3.24. The van der Waals surface area contributed by atoms with Crippen LogP contribution in [0.4, 0.5) is 10.2 Å². The summed E-state index contributed by atoms with van der Waals surface area (Å²) in [5.41, 5.74) is 2.18. The van der Waals surface area contributed by atoms with E-state index in [0.717, 1.165) is 11.1 Å². The van der Waals surface area contributed by atoms with Gasteiger partial charge in [0.1, 0.15) is 23.8 Å². The Morgan fingerprint density at radius 2 is 2.34 bits per heavy atom. The first kappa shape index (κ1) is 20.5. The van der Waals surface area contributed by atoms with Gasteiger partial charge in [0, 0.05) is 18.8 Å². The number of hydrogen-bond donors (Lipinski definition) is 1. The van der Waals surface area contributed by atoms with Crippen molar-refractivity contribution in [1.29, 1.82) is 5.26 Å². The minimum Gasteiger partial charge on any atom is -0.370 e. The van der Waals surface area contributed by atoms with Crippen molar-refractivity contribution in [2.45, 2.75) is 25.5 Å². The van der Waals surface area contributed by atoms with Crippen molar-refractivity contribution in [3.05, 3.63) is 71.7 Å². The van der Waals surface area contributed by atoms with Crippen LogP contribution in [0.25, 0.3) is 0 Å². The molecule has 2 heterocycles. The van der Waals surface area contributed by atoms with Gasteiger partial charge in [-0.25, -0.2) is 9.37 Å². The quantitative estimate of drug-likeness (QED) is 0.761. The number of morpholine rings is 1. The van der Waals surface area contributed by atoms with Crippen molar-refractivity contribution in [3.8, 4) is 6.07 Å². The molecule has 0 saturated carbocycles. The number of rotatable bonds is 6. The molecule has 1 amide bonds. The average Bonchev–Trinajstić information content (AvgIpc) is 2.74. The molecule has 1 aliphatic heterocycles. The first-order valence-electron chi connectivity index (χ1n) is 9.44. The van der Waals surface area contributed by atoms with Gasteiger partial charge < -0.3 is 15.0 Å². The largest absolute Gasteiger partial charge is 0.370 e. The van der Waals surface area contributed by atoms with E-state index in [1.54, 1.807) is 23.1 Å². The summed E-state index contributed by atoms with van der Waals surface area (Å²) in [5.74, 6) is 0.192. The molecule has 0 aliphatic carbocycles. The Balaban J connectivity index is 1.75. The van der Waals surface area contributed by atoms with E-state index in [-0.39, 0.29) is 23.9 Å². The zero-order chi connectivity index (χ0) is 20.8. The topological polar surface area (TPSA) is 78.2 Å². The lowest BCUT2D eigenvalue weighted by Gasteiger charge is -2.33. The summed E-state index contributed by atoms with van der Waals surface area (Å²) in [7, 11) is 0. The smallest absolute Gasteiger partial charge is 0.246 e. The molecule has 3 rings (SSSR count). The summed E-state index contributed by atoms with van der Waals surface area (Å²) in [4.78, 5) is 17.9. The Morgan fingerprint density at radius 1 is 1.52 bits per heavy atom. The number of nitrogens with one attached hydrogen (secondary N) is 1. The number of anilines is 1. The summed E-state index contributed by atoms with van der Waals surface area (Å²) in [6, 6.07) is 10.1. The molecule has 150 valence electrons. The van der Waals surface area contributed by atoms with Gasteiger partial charge in [-0.2, -0.15) is 5.26 Å². The van der Waals surface area contributed by atoms with Crippen molar-refractivity contribution < 1.29 is 13.9 Å². The highest BCUT2D eigenvalue weighted by Gasteiger charge is 2.26. The maximum absolute atomic E-state index is 14.0. The maximum Gasteiger partial charge on any atom is 0.246 e. The maximum atomic E-state index is 14.0. The lowest BCUT2D eigenvalue weighted by atomic mass is 9.96. The second-order valence-corrected chi connectivity index (χ2v) is 6.98. The SMILES string of the molecule is C=CC(=O)N1CCO[C@@H](c2ccc(F)cc2C[C@H](C)Nc2ccc(C#N)cn2)C1. The molecule has 1 fully saturated rings. The van der Waals surface area contributed by atoms with Gasteiger partial charge >= 0.3 is 0 Å². The van der Waals surface area contributed by atoms with Gasteiger partial charge in [-0.3, -0.25) is 4.79 Å². The molecule has 6 nitrogen and oxygen atoms in total. The molecule has 7 heteroatoms. The van der Waals surface area contributed by atoms with E-state index >= 15 is 0 Å². The fraction of sp³-hybridized carbons (Fsp3) is 0.318. The Labute approximate surface area is 169 Å². The van der Waals surface area contributed by atoms with Crippen molar-refractivity contribution in [1.82, 2.24) is 9.88 Å². The van der Waals surface area contributed by atoms with Crippen LogP contribution >= 0.6 is 0 Å². The fourth-order valence-electron chi connectivity index (χ4n) is 3.41. The molecule has 1 aliphatic rings. The zero-order valence-electron chi connectivity index (χ0n) is 16.3. The lowest BCUT2D eigenvalue weighted by molar-refractivity contribution is -0.133. The number of nitriles is 1. The number of hydrogen-bond acceptors (Lipinski definition) is 5. The molecule has 29 heavy (non-hydrogen) atoms. The number of ether oxygens (including phenoxy) is 1. The van der Waals surface area contributed by atoms with Gasteiger partial charge in [0.15, 0.2) is 0 Å². The number of amides is 1. The van der Waals surface area contributed by atoms with Crippen LogP contribution < -0.4 is 5.32 Å². The van der Waals surface area contributed by atoms with E-state index in [0.29, 0.717) is 37.5 Å². The highest BCUT2D eigenvalue weighted by molar-refractivity contribution is 5.87. The highest BCUT2D eigenvalue weighted by atomic mass is 19.1. The van der Waals surface area contributed by atoms with E-state index in [4.69, 9.17) is 10.00 Å². The van der Waals surface area contributed by atoms with Gasteiger partial charge in [-0.15, -0.1) is 0 Å². The summed E-state index contributed by atoms with van der Waals surface area (Å²) in [5, 5.41) is 12.1. The van der Waals surface area contributed by atoms with Crippen molar-refractivity contribution in [2.24, 2.45) is 0 Å². The molecule has 1 aromatic carbocycles. The van der Waals surface area contributed by atoms with Crippen LogP contribution in [-0.4, -0.2) is 41.5 Å². The summed E-state index contributed by atoms with van der Waals surface area (Å²) in [6.45, 7) is 6.86. The van der Waals surface area contributed by atoms with Crippen molar-refractivity contribution >= 4 is 11.7 Å². The summed E-state index contributed by atoms with van der Waals surface area (Å²) < 4.78 is 19.8. The van der Waals surface area contributed by atoms with Gasteiger partial charge in [-0.05, 0) is 54.8 Å². The Kier molecular flexibility index (Phi) is 6.57. The van der Waals surface area contributed by atoms with Crippen LogP contribution in [0.1, 0.15) is 29.7 Å². The van der Waals surface area contributed by atoms with E-state index < -0.39 is 0 Å². The second kappa shape index (κ2) is 9.30. The monoisotopic (exact) mass is 394 g/mol. The molecule has 0 unspecified atom stereocenters. The van der Waals surface area contributed by atoms with Crippen LogP contribution in [0.15, 0.2) is 49.2 Å². The van der Waals surface area contributed by atoms with E-state index in [9.17, 15) is 9.18 Å². The first-order chi connectivity index (χ1) is 14.0. The van der Waals surface area contributed by atoms with E-state index in [2.05, 4.69) is 16.9 Å². The van der Waals surface area contributed by atoms with Crippen molar-refractivity contribution in [3.63, 3.8) is 0 Å². The van der Waals surface area contributed by atoms with Crippen LogP contribution in [0.2, 0.25) is 0 Å². The lowest BCUT2D eigenvalue weighted by Crippen LogP contribution is -2.41. The highest BCUT2D eigenvalue weighted by Crippen LogP contribution is 2.27. The molecule has 0 bridgehead atoms. The number of nitrogens with zero attached hydrogens (tertiary/aromatic N) is 3. The molecule has 1 saturated heterocycles. The standard InChI is InChI=1S/C22H23FN4O2/c1-3-22(28)27-8-9-29-20(14-27)19-6-5-18(23)11-17(19)10-15(2)26-21-7-4-16(12-24)13-25-21/h3-7,11,13,15,20H,1,8-10,14H2,2H3,(H,25,26)/t15-,20+/m0/s1. The third-order valence-corrected chi connectivity index (χ3v) is 4.82. The molecule has 0 radical (unpaired) electrons. The summed E-state index contributed by atoms with van der Waals surface area (Å²) in [6.07, 6.45) is 3.03. The number of pyridine rings is 1. The van der Waals surface area contributed by atoms with E-state index in [1.807, 2.05) is 13.0 Å². The first-order valence-corrected chi connectivity index (χ1v) is 9.44. The van der Waals surface area contributed by atoms with Crippen LogP contribution in [0, 0.1) is 17.1 Å². The Bertz CT molecular complexity index is 923. The number of carbonyl (C=O) groups excluding carboxylic acids is 1. The molecular formula is C22H23FN4O2. The molecule has 1 N–H and O–H groups in total. The van der Waals surface area contributed by atoms with Crippen LogP contribution in [0.5, 0.6) is 0 Å². The molecule has 1 aromatic heterocycles. The molecular weight excluding hydrogens is 371 g/mol. The van der Waals surface area contributed by atoms with Gasteiger partial charge in [0.2, 0.25) is 5.91 Å².